The van der Waals surface area contributed by atoms with E-state index in [1.807, 2.05) is 65.7 Å². The first-order chi connectivity index (χ1) is 16.8. The van der Waals surface area contributed by atoms with Gasteiger partial charge in [0.15, 0.2) is 11.6 Å². The lowest BCUT2D eigenvalue weighted by Crippen LogP contribution is -2.42. The molecule has 0 unspecified atom stereocenters. The van der Waals surface area contributed by atoms with Crippen LogP contribution >= 0.6 is 0 Å². The number of carbonyl (C=O) groups excluding carboxylic acids is 1. The van der Waals surface area contributed by atoms with Crippen molar-refractivity contribution >= 4 is 11.7 Å². The van der Waals surface area contributed by atoms with Crippen molar-refractivity contribution in [2.45, 2.75) is 25.9 Å². The Morgan fingerprint density at radius 1 is 0.794 bits per heavy atom. The van der Waals surface area contributed by atoms with Crippen molar-refractivity contribution in [3.05, 3.63) is 102 Å². The third-order valence-electron chi connectivity index (χ3n) is 6.29. The number of amides is 1. The summed E-state index contributed by atoms with van der Waals surface area (Å²) in [4.78, 5) is 17.8. The molecule has 1 aliphatic rings. The van der Waals surface area contributed by atoms with Crippen molar-refractivity contribution in [1.82, 2.24) is 24.9 Å². The molecule has 3 heterocycles. The van der Waals surface area contributed by atoms with Crippen molar-refractivity contribution in [2.24, 2.45) is 5.92 Å². The minimum Gasteiger partial charge on any atom is -0.355 e. The first-order valence-electron chi connectivity index (χ1n) is 11.7. The average Bonchev–Trinajstić information content (AvgIpc) is 3.45. The van der Waals surface area contributed by atoms with E-state index in [4.69, 9.17) is 0 Å². The molecular weight excluding hydrogens is 424 g/mol. The summed E-state index contributed by atoms with van der Waals surface area (Å²) in [5.74, 6) is 1.77. The first-order valence-corrected chi connectivity index (χ1v) is 11.7. The predicted octanol–water partition coefficient (Wildman–Crippen LogP) is 4.11. The van der Waals surface area contributed by atoms with Crippen LogP contribution in [0.3, 0.4) is 0 Å². The molecule has 2 aromatic carbocycles. The van der Waals surface area contributed by atoms with Crippen LogP contribution in [0.5, 0.6) is 0 Å². The molecule has 7 nitrogen and oxygen atoms in total. The van der Waals surface area contributed by atoms with E-state index in [1.165, 1.54) is 0 Å². The molecule has 1 saturated heterocycles. The molecule has 0 radical (unpaired) electrons. The summed E-state index contributed by atoms with van der Waals surface area (Å²) in [7, 11) is 0. The summed E-state index contributed by atoms with van der Waals surface area (Å²) >= 11 is 0. The van der Waals surface area contributed by atoms with Crippen molar-refractivity contribution in [3.63, 3.8) is 0 Å². The van der Waals surface area contributed by atoms with Gasteiger partial charge in [-0.2, -0.15) is 5.10 Å². The summed E-state index contributed by atoms with van der Waals surface area (Å²) < 4.78 is 1.69. The summed E-state index contributed by atoms with van der Waals surface area (Å²) in [5.41, 5.74) is 2.30. The lowest BCUT2D eigenvalue weighted by molar-refractivity contribution is -0.137. The molecule has 0 aliphatic carbocycles. The van der Waals surface area contributed by atoms with E-state index in [0.29, 0.717) is 18.9 Å². The zero-order chi connectivity index (χ0) is 23.2. The van der Waals surface area contributed by atoms with Crippen LogP contribution in [0.4, 0.5) is 5.82 Å². The molecule has 5 rings (SSSR count). The molecule has 0 bridgehead atoms. The Morgan fingerprint density at radius 2 is 1.38 bits per heavy atom. The lowest BCUT2D eigenvalue weighted by atomic mass is 9.94. The number of anilines is 1. The van der Waals surface area contributed by atoms with Gasteiger partial charge in [-0.15, -0.1) is 10.2 Å². The monoisotopic (exact) mass is 452 g/mol. The molecular formula is C27H28N6O. The highest BCUT2D eigenvalue weighted by Gasteiger charge is 2.29. The minimum atomic E-state index is 0.0139. The van der Waals surface area contributed by atoms with Gasteiger partial charge in [0.1, 0.15) is 0 Å². The number of carbonyl (C=O) groups is 1. The van der Waals surface area contributed by atoms with Crippen LogP contribution in [-0.2, 0) is 17.9 Å². The number of hydrogen-bond acceptors (Lipinski definition) is 5. The Morgan fingerprint density at radius 3 is 1.91 bits per heavy atom. The van der Waals surface area contributed by atoms with E-state index >= 15 is 0 Å². The Labute approximate surface area is 199 Å². The van der Waals surface area contributed by atoms with Gasteiger partial charge in [0.2, 0.25) is 5.91 Å². The van der Waals surface area contributed by atoms with Crippen LogP contribution in [0, 0.1) is 5.92 Å². The summed E-state index contributed by atoms with van der Waals surface area (Å²) in [6, 6.07) is 26.2. The number of hydrogen-bond donors (Lipinski definition) is 0. The van der Waals surface area contributed by atoms with Gasteiger partial charge in [0.25, 0.3) is 0 Å². The summed E-state index contributed by atoms with van der Waals surface area (Å²) in [6.45, 7) is 2.82. The third-order valence-corrected chi connectivity index (χ3v) is 6.29. The molecule has 34 heavy (non-hydrogen) atoms. The lowest BCUT2D eigenvalue weighted by Gasteiger charge is -2.34. The second kappa shape index (κ2) is 10.3. The SMILES string of the molecule is O=C(C1CCN(c2ccc(-n3cccn3)nn2)CC1)N(Cc1ccccc1)Cc1ccccc1. The van der Waals surface area contributed by atoms with Gasteiger partial charge >= 0.3 is 0 Å². The van der Waals surface area contributed by atoms with E-state index in [1.54, 1.807) is 10.9 Å². The van der Waals surface area contributed by atoms with Gasteiger partial charge in [0, 0.05) is 44.5 Å². The van der Waals surface area contributed by atoms with E-state index in [-0.39, 0.29) is 11.8 Å². The highest BCUT2D eigenvalue weighted by atomic mass is 16.2. The highest BCUT2D eigenvalue weighted by Crippen LogP contribution is 2.25. The topological polar surface area (TPSA) is 67.2 Å². The van der Waals surface area contributed by atoms with E-state index in [2.05, 4.69) is 44.5 Å². The van der Waals surface area contributed by atoms with Gasteiger partial charge in [-0.05, 0) is 42.2 Å². The number of rotatable bonds is 7. The van der Waals surface area contributed by atoms with Gasteiger partial charge in [-0.25, -0.2) is 4.68 Å². The fourth-order valence-electron chi connectivity index (χ4n) is 4.45. The number of nitrogens with zero attached hydrogens (tertiary/aromatic N) is 6. The van der Waals surface area contributed by atoms with Crippen LogP contribution in [0.15, 0.2) is 91.3 Å². The van der Waals surface area contributed by atoms with Crippen LogP contribution in [0.25, 0.3) is 5.82 Å². The van der Waals surface area contributed by atoms with Gasteiger partial charge in [-0.1, -0.05) is 60.7 Å². The first kappa shape index (κ1) is 21.8. The van der Waals surface area contributed by atoms with Crippen LogP contribution < -0.4 is 4.90 Å². The fraction of sp³-hybridized carbons (Fsp3) is 0.259. The third kappa shape index (κ3) is 5.14. The molecule has 0 N–H and O–H groups in total. The zero-order valence-electron chi connectivity index (χ0n) is 19.1. The Kier molecular flexibility index (Phi) is 6.61. The number of benzene rings is 2. The largest absolute Gasteiger partial charge is 0.355 e. The average molecular weight is 453 g/mol. The molecule has 0 atom stereocenters. The maximum Gasteiger partial charge on any atom is 0.226 e. The Hall–Kier alpha value is -4.00. The second-order valence-electron chi connectivity index (χ2n) is 8.63. The molecule has 1 fully saturated rings. The quantitative estimate of drug-likeness (QED) is 0.422. The summed E-state index contributed by atoms with van der Waals surface area (Å²) in [6.07, 6.45) is 5.18. The van der Waals surface area contributed by atoms with Gasteiger partial charge in [0.05, 0.1) is 0 Å². The molecule has 7 heteroatoms. The summed E-state index contributed by atoms with van der Waals surface area (Å²) in [5, 5.41) is 12.9. The Bertz CT molecular complexity index is 1130. The molecule has 0 saturated carbocycles. The molecule has 1 amide bonds. The zero-order valence-corrected chi connectivity index (χ0v) is 19.1. The maximum atomic E-state index is 13.6. The normalized spacial score (nSPS) is 14.2. The molecule has 172 valence electrons. The minimum absolute atomic E-state index is 0.0139. The fourth-order valence-corrected chi connectivity index (χ4v) is 4.45. The van der Waals surface area contributed by atoms with Crippen molar-refractivity contribution in [2.75, 3.05) is 18.0 Å². The van der Waals surface area contributed by atoms with Crippen LogP contribution in [-0.4, -0.2) is 43.9 Å². The van der Waals surface area contributed by atoms with E-state index < -0.39 is 0 Å². The Balaban J connectivity index is 1.24. The predicted molar refractivity (Wildman–Crippen MR) is 131 cm³/mol. The van der Waals surface area contributed by atoms with Crippen molar-refractivity contribution in [3.8, 4) is 5.82 Å². The molecule has 4 aromatic rings. The van der Waals surface area contributed by atoms with E-state index in [9.17, 15) is 4.79 Å². The maximum absolute atomic E-state index is 13.6. The number of piperidine rings is 1. The smallest absolute Gasteiger partial charge is 0.226 e. The van der Waals surface area contributed by atoms with Gasteiger partial charge in [-0.3, -0.25) is 4.79 Å². The number of aromatic nitrogens is 4. The van der Waals surface area contributed by atoms with Crippen molar-refractivity contribution in [1.29, 1.82) is 0 Å². The second-order valence-corrected chi connectivity index (χ2v) is 8.63. The van der Waals surface area contributed by atoms with Crippen LogP contribution in [0.1, 0.15) is 24.0 Å². The van der Waals surface area contributed by atoms with Gasteiger partial charge < -0.3 is 9.80 Å². The molecule has 2 aromatic heterocycles. The standard InChI is InChI=1S/C27H28N6O/c34-27(32(20-22-8-3-1-4-9-22)21-23-10-5-2-6-11-23)24-14-18-31(19-15-24)25-12-13-26(30-29-25)33-17-7-16-28-33/h1-13,16-17,24H,14-15,18-21H2. The van der Waals surface area contributed by atoms with E-state index in [0.717, 1.165) is 42.9 Å². The molecule has 1 aliphatic heterocycles. The van der Waals surface area contributed by atoms with Crippen molar-refractivity contribution < 1.29 is 4.79 Å². The highest BCUT2D eigenvalue weighted by molar-refractivity contribution is 5.79. The molecule has 0 spiro atoms. The van der Waals surface area contributed by atoms with Crippen LogP contribution in [0.2, 0.25) is 0 Å².